The van der Waals surface area contributed by atoms with Crippen LogP contribution in [-0.2, 0) is 9.59 Å². The van der Waals surface area contributed by atoms with Crippen LogP contribution in [0.5, 0.6) is 5.75 Å². The molecule has 0 radical (unpaired) electrons. The molecule has 0 unspecified atom stereocenters. The number of hydrogen-bond donors (Lipinski definition) is 1. The van der Waals surface area contributed by atoms with Crippen molar-refractivity contribution >= 4 is 34.7 Å². The quantitative estimate of drug-likeness (QED) is 0.317. The van der Waals surface area contributed by atoms with Gasteiger partial charge in [-0.15, -0.1) is 0 Å². The van der Waals surface area contributed by atoms with Crippen molar-refractivity contribution in [1.29, 1.82) is 0 Å². The molecule has 2 aliphatic rings. The summed E-state index contributed by atoms with van der Waals surface area (Å²) in [5.74, 6) is 0.837. The second kappa shape index (κ2) is 11.4. The molecule has 1 N–H and O–H groups in total. The number of Topliss-reactive ketones (excluding diaryl/α,β-unsaturated/α-hetero) is 1. The van der Waals surface area contributed by atoms with Gasteiger partial charge in [-0.1, -0.05) is 67.8 Å². The monoisotopic (exact) mass is 528 g/mol. The lowest BCUT2D eigenvalue weighted by Gasteiger charge is -2.35. The number of unbranched alkanes of at least 4 members (excludes halogenated alkanes) is 2. The minimum absolute atomic E-state index is 0.0230. The number of rotatable bonds is 7. The Bertz CT molecular complexity index is 1350. The maximum atomic E-state index is 14.0. The lowest BCUT2D eigenvalue weighted by atomic mass is 9.78. The lowest BCUT2D eigenvalue weighted by Crippen LogP contribution is -2.38. The van der Waals surface area contributed by atoms with E-state index in [4.69, 9.17) is 16.3 Å². The number of amides is 1. The molecule has 0 fully saturated rings. The van der Waals surface area contributed by atoms with Gasteiger partial charge in [0.15, 0.2) is 5.78 Å². The van der Waals surface area contributed by atoms with E-state index < -0.39 is 6.04 Å². The summed E-state index contributed by atoms with van der Waals surface area (Å²) in [7, 11) is 1.63. The van der Waals surface area contributed by atoms with E-state index in [0.717, 1.165) is 53.2 Å². The van der Waals surface area contributed by atoms with Crippen LogP contribution >= 0.6 is 11.6 Å². The number of nitrogens with zero attached hydrogens (tertiary/aromatic N) is 1. The maximum absolute atomic E-state index is 14.0. The molecule has 1 heterocycles. The zero-order valence-electron chi connectivity index (χ0n) is 21.9. The Hall–Kier alpha value is -3.57. The predicted octanol–water partition coefficient (Wildman–Crippen LogP) is 7.83. The molecular weight excluding hydrogens is 496 g/mol. The normalized spacial score (nSPS) is 18.8. The molecule has 1 amide bonds. The highest BCUT2D eigenvalue weighted by Gasteiger charge is 2.41. The molecule has 5 rings (SSSR count). The van der Waals surface area contributed by atoms with Crippen LogP contribution in [0, 0.1) is 0 Å². The van der Waals surface area contributed by atoms with Crippen molar-refractivity contribution in [2.45, 2.75) is 57.4 Å². The van der Waals surface area contributed by atoms with Gasteiger partial charge < -0.3 is 10.1 Å². The topological polar surface area (TPSA) is 58.6 Å². The standard InChI is InChI=1S/C32H33ClN2O3/c1-3-4-5-10-30(37)35-28-9-7-6-8-26(28)34-27-19-23(21-11-15-24(33)16-12-21)20-29(36)31(27)32(35)22-13-17-25(38-2)18-14-22/h6-9,11-18,23,32,34H,3-5,10,19-20H2,1-2H3/t23-,32+/m0/s1. The van der Waals surface area contributed by atoms with Crippen LogP contribution in [0.4, 0.5) is 11.4 Å². The van der Waals surface area contributed by atoms with Crippen LogP contribution in [0.1, 0.15) is 68.5 Å². The van der Waals surface area contributed by atoms with E-state index in [0.29, 0.717) is 29.9 Å². The Balaban J connectivity index is 1.65. The lowest BCUT2D eigenvalue weighted by molar-refractivity contribution is -0.119. The smallest absolute Gasteiger partial charge is 0.227 e. The van der Waals surface area contributed by atoms with E-state index in [-0.39, 0.29) is 17.6 Å². The fourth-order valence-electron chi connectivity index (χ4n) is 5.58. The largest absolute Gasteiger partial charge is 0.497 e. The number of hydrogen-bond acceptors (Lipinski definition) is 4. The van der Waals surface area contributed by atoms with Gasteiger partial charge in [0, 0.05) is 29.1 Å². The van der Waals surface area contributed by atoms with E-state index in [1.807, 2.05) is 77.7 Å². The third-order valence-electron chi connectivity index (χ3n) is 7.52. The minimum atomic E-state index is -0.528. The molecule has 3 aromatic rings. The molecule has 38 heavy (non-hydrogen) atoms. The molecule has 5 nitrogen and oxygen atoms in total. The number of benzene rings is 3. The molecule has 2 atom stereocenters. The molecule has 1 aliphatic carbocycles. The van der Waals surface area contributed by atoms with Gasteiger partial charge in [0.05, 0.1) is 24.5 Å². The summed E-state index contributed by atoms with van der Waals surface area (Å²) in [6.45, 7) is 2.13. The van der Waals surface area contributed by atoms with Crippen molar-refractivity contribution in [3.63, 3.8) is 0 Å². The Morgan fingerprint density at radius 2 is 1.68 bits per heavy atom. The van der Waals surface area contributed by atoms with E-state index in [2.05, 4.69) is 12.2 Å². The van der Waals surface area contributed by atoms with Crippen molar-refractivity contribution in [1.82, 2.24) is 0 Å². The van der Waals surface area contributed by atoms with Crippen LogP contribution in [0.15, 0.2) is 84.1 Å². The molecule has 3 aromatic carbocycles. The molecule has 0 aromatic heterocycles. The highest BCUT2D eigenvalue weighted by atomic mass is 35.5. The first-order valence-corrected chi connectivity index (χ1v) is 13.7. The fourth-order valence-corrected chi connectivity index (χ4v) is 5.71. The number of para-hydroxylation sites is 2. The van der Waals surface area contributed by atoms with Gasteiger partial charge in [-0.3, -0.25) is 14.5 Å². The van der Waals surface area contributed by atoms with Crippen LogP contribution in [0.25, 0.3) is 0 Å². The van der Waals surface area contributed by atoms with E-state index in [1.165, 1.54) is 0 Å². The number of methoxy groups -OCH3 is 1. The summed E-state index contributed by atoms with van der Waals surface area (Å²) >= 11 is 6.13. The number of carbonyl (C=O) groups excluding carboxylic acids is 2. The zero-order chi connectivity index (χ0) is 26.6. The number of nitrogens with one attached hydrogen (secondary N) is 1. The SMILES string of the molecule is CCCCCC(=O)N1c2ccccc2NC2=C(C(=O)C[C@@H](c3ccc(Cl)cc3)C2)[C@H]1c1ccc(OC)cc1. The third-order valence-corrected chi connectivity index (χ3v) is 7.78. The first-order chi connectivity index (χ1) is 18.5. The summed E-state index contributed by atoms with van der Waals surface area (Å²) in [5, 5.41) is 4.27. The highest BCUT2D eigenvalue weighted by Crippen LogP contribution is 2.47. The van der Waals surface area contributed by atoms with Gasteiger partial charge in [0.1, 0.15) is 5.75 Å². The average Bonchev–Trinajstić information content (AvgIpc) is 3.08. The minimum Gasteiger partial charge on any atom is -0.497 e. The van der Waals surface area contributed by atoms with Crippen LogP contribution in [0.2, 0.25) is 5.02 Å². The number of halogens is 1. The van der Waals surface area contributed by atoms with Gasteiger partial charge in [0.25, 0.3) is 0 Å². The number of ether oxygens (including phenoxy) is 1. The number of allylic oxidation sites excluding steroid dienone is 1. The summed E-state index contributed by atoms with van der Waals surface area (Å²) in [5.41, 5.74) is 5.14. The van der Waals surface area contributed by atoms with Crippen molar-refractivity contribution < 1.29 is 14.3 Å². The molecule has 0 spiro atoms. The Morgan fingerprint density at radius 3 is 2.39 bits per heavy atom. The molecule has 0 bridgehead atoms. The van der Waals surface area contributed by atoms with Crippen LogP contribution < -0.4 is 15.0 Å². The summed E-state index contributed by atoms with van der Waals surface area (Å²) in [4.78, 5) is 29.8. The molecule has 6 heteroatoms. The highest BCUT2D eigenvalue weighted by molar-refractivity contribution is 6.30. The zero-order valence-corrected chi connectivity index (χ0v) is 22.6. The van der Waals surface area contributed by atoms with Gasteiger partial charge in [-0.25, -0.2) is 0 Å². The first kappa shape index (κ1) is 26.1. The number of ketones is 1. The van der Waals surface area contributed by atoms with Gasteiger partial charge in [-0.2, -0.15) is 0 Å². The molecule has 196 valence electrons. The number of carbonyl (C=O) groups is 2. The Kier molecular flexibility index (Phi) is 7.85. The van der Waals surface area contributed by atoms with Crippen molar-refractivity contribution in [2.75, 3.05) is 17.3 Å². The Labute approximate surface area is 229 Å². The second-order valence-corrected chi connectivity index (χ2v) is 10.4. The molecule has 0 saturated carbocycles. The first-order valence-electron chi connectivity index (χ1n) is 13.3. The molecule has 0 saturated heterocycles. The van der Waals surface area contributed by atoms with Crippen molar-refractivity contribution in [3.8, 4) is 5.75 Å². The second-order valence-electron chi connectivity index (χ2n) is 10.0. The van der Waals surface area contributed by atoms with Crippen molar-refractivity contribution in [2.24, 2.45) is 0 Å². The Morgan fingerprint density at radius 1 is 0.974 bits per heavy atom. The summed E-state index contributed by atoms with van der Waals surface area (Å²) < 4.78 is 5.40. The van der Waals surface area contributed by atoms with E-state index >= 15 is 0 Å². The van der Waals surface area contributed by atoms with E-state index in [1.54, 1.807) is 7.11 Å². The molecule has 1 aliphatic heterocycles. The fraction of sp³-hybridized carbons (Fsp3) is 0.312. The van der Waals surface area contributed by atoms with Gasteiger partial charge >= 0.3 is 0 Å². The van der Waals surface area contributed by atoms with Gasteiger partial charge in [0.2, 0.25) is 5.91 Å². The number of anilines is 2. The molecular formula is C32H33ClN2O3. The van der Waals surface area contributed by atoms with Gasteiger partial charge in [-0.05, 0) is 66.3 Å². The summed E-state index contributed by atoms with van der Waals surface area (Å²) in [6, 6.07) is 22.8. The predicted molar refractivity (Wildman–Crippen MR) is 153 cm³/mol. The van der Waals surface area contributed by atoms with E-state index in [9.17, 15) is 9.59 Å². The van der Waals surface area contributed by atoms with Crippen molar-refractivity contribution in [3.05, 3.63) is 100 Å². The summed E-state index contributed by atoms with van der Waals surface area (Å²) in [6.07, 6.45) is 4.31. The maximum Gasteiger partial charge on any atom is 0.227 e. The van der Waals surface area contributed by atoms with Crippen LogP contribution in [0.3, 0.4) is 0 Å². The van der Waals surface area contributed by atoms with Crippen LogP contribution in [-0.4, -0.2) is 18.8 Å². The average molecular weight is 529 g/mol. The number of fused-ring (bicyclic) bond motifs is 1. The third kappa shape index (κ3) is 5.21.